The Morgan fingerprint density at radius 2 is 1.71 bits per heavy atom. The fourth-order valence-corrected chi connectivity index (χ4v) is 2.35. The second-order valence-electron chi connectivity index (χ2n) is 5.59. The molecular weight excluding hydrogens is 264 g/mol. The summed E-state index contributed by atoms with van der Waals surface area (Å²) >= 11 is 0. The lowest BCUT2D eigenvalue weighted by Crippen LogP contribution is -2.12. The SMILES string of the molecule is Cc1cccc(C(=O)c2ccc3c(c2)OCC(C)CO3)c1. The minimum absolute atomic E-state index is 0.00222. The number of hydrogen-bond donors (Lipinski definition) is 0. The van der Waals surface area contributed by atoms with Crippen LogP contribution in [0, 0.1) is 12.8 Å². The third-order valence-corrected chi connectivity index (χ3v) is 3.53. The van der Waals surface area contributed by atoms with Crippen LogP contribution in [0.1, 0.15) is 28.4 Å². The maximum atomic E-state index is 12.5. The lowest BCUT2D eigenvalue weighted by molar-refractivity contribution is 0.103. The van der Waals surface area contributed by atoms with Gasteiger partial charge in [-0.3, -0.25) is 4.79 Å². The monoisotopic (exact) mass is 282 g/mol. The van der Waals surface area contributed by atoms with Gasteiger partial charge in [-0.1, -0.05) is 30.7 Å². The van der Waals surface area contributed by atoms with Crippen LogP contribution in [0.5, 0.6) is 11.5 Å². The average Bonchev–Trinajstić information content (AvgIpc) is 2.68. The van der Waals surface area contributed by atoms with Gasteiger partial charge in [0.05, 0.1) is 13.2 Å². The highest BCUT2D eigenvalue weighted by Crippen LogP contribution is 2.32. The van der Waals surface area contributed by atoms with Crippen molar-refractivity contribution in [3.05, 3.63) is 59.2 Å². The molecule has 2 aromatic carbocycles. The van der Waals surface area contributed by atoms with Gasteiger partial charge in [0, 0.05) is 17.0 Å². The second kappa shape index (κ2) is 5.60. The Kier molecular flexibility index (Phi) is 3.65. The van der Waals surface area contributed by atoms with Crippen molar-refractivity contribution >= 4 is 5.78 Å². The number of ketones is 1. The van der Waals surface area contributed by atoms with Gasteiger partial charge in [0.2, 0.25) is 0 Å². The van der Waals surface area contributed by atoms with Crippen molar-refractivity contribution < 1.29 is 14.3 Å². The number of carbonyl (C=O) groups excluding carboxylic acids is 1. The predicted octanol–water partition coefficient (Wildman–Crippen LogP) is 3.63. The summed E-state index contributed by atoms with van der Waals surface area (Å²) in [5, 5.41) is 0. The molecule has 108 valence electrons. The van der Waals surface area contributed by atoms with Crippen LogP contribution < -0.4 is 9.47 Å². The zero-order valence-corrected chi connectivity index (χ0v) is 12.3. The van der Waals surface area contributed by atoms with Crippen LogP contribution in [0.3, 0.4) is 0 Å². The molecule has 1 aliphatic rings. The van der Waals surface area contributed by atoms with Crippen LogP contribution in [0.4, 0.5) is 0 Å². The van der Waals surface area contributed by atoms with Crippen LogP contribution in [0.25, 0.3) is 0 Å². The molecule has 1 aliphatic heterocycles. The number of carbonyl (C=O) groups is 1. The number of ether oxygens (including phenoxy) is 2. The molecule has 21 heavy (non-hydrogen) atoms. The highest BCUT2D eigenvalue weighted by molar-refractivity contribution is 6.09. The molecule has 0 fully saturated rings. The van der Waals surface area contributed by atoms with E-state index in [1.807, 2.05) is 37.3 Å². The van der Waals surface area contributed by atoms with Gasteiger partial charge < -0.3 is 9.47 Å². The minimum Gasteiger partial charge on any atom is -0.489 e. The summed E-state index contributed by atoms with van der Waals surface area (Å²) in [5.74, 6) is 1.70. The summed E-state index contributed by atoms with van der Waals surface area (Å²) in [4.78, 5) is 12.5. The standard InChI is InChI=1S/C18H18O3/c1-12-4-3-5-14(8-12)18(19)15-6-7-16-17(9-15)21-11-13(2)10-20-16/h3-9,13H,10-11H2,1-2H3. The van der Waals surface area contributed by atoms with E-state index < -0.39 is 0 Å². The smallest absolute Gasteiger partial charge is 0.193 e. The van der Waals surface area contributed by atoms with E-state index in [-0.39, 0.29) is 5.78 Å². The molecule has 2 aromatic rings. The maximum absolute atomic E-state index is 12.5. The van der Waals surface area contributed by atoms with Gasteiger partial charge >= 0.3 is 0 Å². The lowest BCUT2D eigenvalue weighted by atomic mass is 10.0. The molecule has 3 heteroatoms. The van der Waals surface area contributed by atoms with Gasteiger partial charge in [-0.25, -0.2) is 0 Å². The Morgan fingerprint density at radius 1 is 1.00 bits per heavy atom. The number of aryl methyl sites for hydroxylation is 1. The zero-order chi connectivity index (χ0) is 14.8. The summed E-state index contributed by atoms with van der Waals surface area (Å²) in [6, 6.07) is 13.0. The molecule has 0 aromatic heterocycles. The number of hydrogen-bond acceptors (Lipinski definition) is 3. The van der Waals surface area contributed by atoms with E-state index in [2.05, 4.69) is 6.92 Å². The first-order valence-corrected chi connectivity index (χ1v) is 7.14. The third kappa shape index (κ3) is 2.92. The van der Waals surface area contributed by atoms with Crippen LogP contribution in [0.2, 0.25) is 0 Å². The molecule has 0 saturated heterocycles. The second-order valence-corrected chi connectivity index (χ2v) is 5.59. The Bertz CT molecular complexity index is 676. The summed E-state index contributed by atoms with van der Waals surface area (Å²) in [6.45, 7) is 5.30. The van der Waals surface area contributed by atoms with E-state index in [0.29, 0.717) is 41.8 Å². The topological polar surface area (TPSA) is 35.5 Å². The van der Waals surface area contributed by atoms with E-state index >= 15 is 0 Å². The molecule has 0 aliphatic carbocycles. The van der Waals surface area contributed by atoms with Crippen molar-refractivity contribution in [3.8, 4) is 11.5 Å². The molecule has 1 heterocycles. The fourth-order valence-electron chi connectivity index (χ4n) is 2.35. The summed E-state index contributed by atoms with van der Waals surface area (Å²) < 4.78 is 11.4. The van der Waals surface area contributed by atoms with E-state index in [4.69, 9.17) is 9.47 Å². The molecule has 0 bridgehead atoms. The molecule has 0 amide bonds. The Labute approximate surface area is 124 Å². The van der Waals surface area contributed by atoms with Gasteiger partial charge in [-0.2, -0.15) is 0 Å². The van der Waals surface area contributed by atoms with Gasteiger partial charge in [-0.05, 0) is 31.2 Å². The normalized spacial score (nSPS) is 17.1. The van der Waals surface area contributed by atoms with Crippen molar-refractivity contribution in [2.75, 3.05) is 13.2 Å². The number of rotatable bonds is 2. The molecule has 0 N–H and O–H groups in total. The Balaban J connectivity index is 1.92. The summed E-state index contributed by atoms with van der Waals surface area (Å²) in [7, 11) is 0. The van der Waals surface area contributed by atoms with Gasteiger partial charge in [-0.15, -0.1) is 0 Å². The number of benzene rings is 2. The maximum Gasteiger partial charge on any atom is 0.193 e. The molecule has 3 nitrogen and oxygen atoms in total. The number of fused-ring (bicyclic) bond motifs is 1. The van der Waals surface area contributed by atoms with Crippen molar-refractivity contribution in [2.24, 2.45) is 5.92 Å². The molecule has 1 atom stereocenters. The fraction of sp³-hybridized carbons (Fsp3) is 0.278. The largest absolute Gasteiger partial charge is 0.489 e. The van der Waals surface area contributed by atoms with E-state index in [0.717, 1.165) is 5.56 Å². The van der Waals surface area contributed by atoms with Gasteiger partial charge in [0.1, 0.15) is 0 Å². The van der Waals surface area contributed by atoms with E-state index in [1.54, 1.807) is 12.1 Å². The predicted molar refractivity (Wildman–Crippen MR) is 81.2 cm³/mol. The average molecular weight is 282 g/mol. The van der Waals surface area contributed by atoms with Crippen LogP contribution in [-0.2, 0) is 0 Å². The first-order chi connectivity index (χ1) is 10.1. The van der Waals surface area contributed by atoms with Crippen LogP contribution >= 0.6 is 0 Å². The van der Waals surface area contributed by atoms with Crippen molar-refractivity contribution in [3.63, 3.8) is 0 Å². The van der Waals surface area contributed by atoms with Crippen LogP contribution in [-0.4, -0.2) is 19.0 Å². The quantitative estimate of drug-likeness (QED) is 0.789. The highest BCUT2D eigenvalue weighted by atomic mass is 16.5. The lowest BCUT2D eigenvalue weighted by Gasteiger charge is -2.09. The van der Waals surface area contributed by atoms with E-state index in [9.17, 15) is 4.79 Å². The summed E-state index contributed by atoms with van der Waals surface area (Å²) in [5.41, 5.74) is 2.39. The van der Waals surface area contributed by atoms with Crippen molar-refractivity contribution in [2.45, 2.75) is 13.8 Å². The molecule has 3 rings (SSSR count). The Hall–Kier alpha value is -2.29. The summed E-state index contributed by atoms with van der Waals surface area (Å²) in [6.07, 6.45) is 0. The first kappa shape index (κ1) is 13.7. The molecule has 1 unspecified atom stereocenters. The zero-order valence-electron chi connectivity index (χ0n) is 12.3. The molecular formula is C18H18O3. The first-order valence-electron chi connectivity index (χ1n) is 7.14. The van der Waals surface area contributed by atoms with Gasteiger partial charge in [0.25, 0.3) is 0 Å². The Morgan fingerprint density at radius 3 is 2.48 bits per heavy atom. The molecule has 0 radical (unpaired) electrons. The van der Waals surface area contributed by atoms with Gasteiger partial charge in [0.15, 0.2) is 17.3 Å². The van der Waals surface area contributed by atoms with E-state index in [1.165, 1.54) is 0 Å². The minimum atomic E-state index is 0.00222. The highest BCUT2D eigenvalue weighted by Gasteiger charge is 2.17. The van der Waals surface area contributed by atoms with Crippen LogP contribution in [0.15, 0.2) is 42.5 Å². The van der Waals surface area contributed by atoms with Crippen molar-refractivity contribution in [1.29, 1.82) is 0 Å². The molecule has 0 saturated carbocycles. The molecule has 0 spiro atoms. The van der Waals surface area contributed by atoms with Crippen molar-refractivity contribution in [1.82, 2.24) is 0 Å². The third-order valence-electron chi connectivity index (χ3n) is 3.53.